The lowest BCUT2D eigenvalue weighted by molar-refractivity contribution is 0.485. The first-order valence-electron chi connectivity index (χ1n) is 6.86. The molecule has 19 heavy (non-hydrogen) atoms. The first-order valence-corrected chi connectivity index (χ1v) is 6.86. The van der Waals surface area contributed by atoms with Gasteiger partial charge in [0, 0.05) is 24.3 Å². The quantitative estimate of drug-likeness (QED) is 0.918. The monoisotopic (exact) mass is 256 g/mol. The van der Waals surface area contributed by atoms with E-state index < -0.39 is 0 Å². The number of hydrogen-bond donors (Lipinski definition) is 1. The molecule has 1 aromatic carbocycles. The van der Waals surface area contributed by atoms with Gasteiger partial charge in [-0.25, -0.2) is 0 Å². The molecule has 2 aromatic rings. The van der Waals surface area contributed by atoms with E-state index in [0.717, 1.165) is 18.5 Å². The second-order valence-corrected chi connectivity index (χ2v) is 5.40. The fourth-order valence-electron chi connectivity index (χ4n) is 3.04. The van der Waals surface area contributed by atoms with Crippen molar-refractivity contribution in [2.24, 2.45) is 11.7 Å². The van der Waals surface area contributed by atoms with Gasteiger partial charge in [0.05, 0.1) is 18.6 Å². The minimum absolute atomic E-state index is 0.197. The summed E-state index contributed by atoms with van der Waals surface area (Å²) in [6, 6.07) is 10.8. The first kappa shape index (κ1) is 12.3. The van der Waals surface area contributed by atoms with E-state index >= 15 is 0 Å². The number of hydrogen-bond acceptors (Lipinski definition) is 3. The lowest BCUT2D eigenvalue weighted by atomic mass is 9.92. The van der Waals surface area contributed by atoms with E-state index in [1.165, 1.54) is 11.3 Å². The van der Waals surface area contributed by atoms with Gasteiger partial charge >= 0.3 is 0 Å². The SMILES string of the molecule is CC1Cc2ccccc2N(C(CN)c2ccoc2)C1. The van der Waals surface area contributed by atoms with Crippen LogP contribution in [0.4, 0.5) is 5.69 Å². The van der Waals surface area contributed by atoms with Crippen molar-refractivity contribution in [1.29, 1.82) is 0 Å². The molecule has 2 N–H and O–H groups in total. The van der Waals surface area contributed by atoms with E-state index in [2.05, 4.69) is 36.1 Å². The van der Waals surface area contributed by atoms with Crippen molar-refractivity contribution >= 4 is 5.69 Å². The van der Waals surface area contributed by atoms with Crippen LogP contribution in [-0.2, 0) is 6.42 Å². The van der Waals surface area contributed by atoms with Crippen molar-refractivity contribution in [2.45, 2.75) is 19.4 Å². The van der Waals surface area contributed by atoms with Crippen molar-refractivity contribution in [3.05, 3.63) is 54.0 Å². The van der Waals surface area contributed by atoms with E-state index in [-0.39, 0.29) is 6.04 Å². The minimum Gasteiger partial charge on any atom is -0.472 e. The highest BCUT2D eigenvalue weighted by atomic mass is 16.3. The van der Waals surface area contributed by atoms with Gasteiger partial charge in [0.15, 0.2) is 0 Å². The van der Waals surface area contributed by atoms with E-state index in [0.29, 0.717) is 12.5 Å². The van der Waals surface area contributed by atoms with Gasteiger partial charge in [-0.15, -0.1) is 0 Å². The Balaban J connectivity index is 2.00. The van der Waals surface area contributed by atoms with Crippen LogP contribution in [0.3, 0.4) is 0 Å². The maximum Gasteiger partial charge on any atom is 0.0955 e. The molecule has 2 heterocycles. The third kappa shape index (κ3) is 2.26. The molecule has 0 saturated heterocycles. The van der Waals surface area contributed by atoms with Gasteiger partial charge in [-0.2, -0.15) is 0 Å². The maximum atomic E-state index is 6.01. The third-order valence-electron chi connectivity index (χ3n) is 3.91. The van der Waals surface area contributed by atoms with Gasteiger partial charge in [0.25, 0.3) is 0 Å². The second-order valence-electron chi connectivity index (χ2n) is 5.40. The van der Waals surface area contributed by atoms with E-state index in [4.69, 9.17) is 10.2 Å². The summed E-state index contributed by atoms with van der Waals surface area (Å²) in [5.41, 5.74) is 9.91. The van der Waals surface area contributed by atoms with Gasteiger partial charge in [-0.1, -0.05) is 25.1 Å². The van der Waals surface area contributed by atoms with Crippen molar-refractivity contribution in [3.63, 3.8) is 0 Å². The molecule has 100 valence electrons. The fourth-order valence-corrected chi connectivity index (χ4v) is 3.04. The van der Waals surface area contributed by atoms with Gasteiger partial charge in [0.2, 0.25) is 0 Å². The molecule has 3 nitrogen and oxygen atoms in total. The average Bonchev–Trinajstić information content (AvgIpc) is 2.93. The van der Waals surface area contributed by atoms with Gasteiger partial charge in [-0.3, -0.25) is 0 Å². The van der Waals surface area contributed by atoms with Crippen molar-refractivity contribution < 1.29 is 4.42 Å². The van der Waals surface area contributed by atoms with Crippen LogP contribution < -0.4 is 10.6 Å². The Morgan fingerprint density at radius 2 is 2.21 bits per heavy atom. The van der Waals surface area contributed by atoms with Crippen LogP contribution in [0.2, 0.25) is 0 Å². The Morgan fingerprint density at radius 3 is 2.95 bits per heavy atom. The molecule has 1 aliphatic heterocycles. The Hall–Kier alpha value is -1.74. The maximum absolute atomic E-state index is 6.01. The Bertz CT molecular complexity index is 535. The summed E-state index contributed by atoms with van der Waals surface area (Å²) in [5, 5.41) is 0. The highest BCUT2D eigenvalue weighted by Gasteiger charge is 2.27. The van der Waals surface area contributed by atoms with Crippen LogP contribution in [0, 0.1) is 5.92 Å². The third-order valence-corrected chi connectivity index (χ3v) is 3.91. The average molecular weight is 256 g/mol. The molecule has 3 heteroatoms. The molecule has 0 fully saturated rings. The molecular formula is C16H20N2O. The van der Waals surface area contributed by atoms with Crippen LogP contribution in [0.15, 0.2) is 47.3 Å². The topological polar surface area (TPSA) is 42.4 Å². The Labute approximate surface area is 114 Å². The van der Waals surface area contributed by atoms with Crippen LogP contribution >= 0.6 is 0 Å². The summed E-state index contributed by atoms with van der Waals surface area (Å²) in [6.45, 7) is 3.94. The van der Waals surface area contributed by atoms with Crippen molar-refractivity contribution in [1.82, 2.24) is 0 Å². The zero-order chi connectivity index (χ0) is 13.2. The number of nitrogens with two attached hydrogens (primary N) is 1. The van der Waals surface area contributed by atoms with Gasteiger partial charge in [0.1, 0.15) is 0 Å². The molecule has 1 aliphatic rings. The summed E-state index contributed by atoms with van der Waals surface area (Å²) in [7, 11) is 0. The minimum atomic E-state index is 0.197. The predicted molar refractivity (Wildman–Crippen MR) is 77.2 cm³/mol. The molecule has 0 aliphatic carbocycles. The largest absolute Gasteiger partial charge is 0.472 e. The van der Waals surface area contributed by atoms with Crippen LogP contribution in [0.25, 0.3) is 0 Å². The number of para-hydroxylation sites is 1. The van der Waals surface area contributed by atoms with E-state index in [1.807, 2.05) is 6.07 Å². The molecule has 0 bridgehead atoms. The van der Waals surface area contributed by atoms with Crippen LogP contribution in [0.1, 0.15) is 24.1 Å². The number of benzene rings is 1. The predicted octanol–water partition coefficient (Wildman–Crippen LogP) is 2.98. The molecule has 0 saturated carbocycles. The van der Waals surface area contributed by atoms with E-state index in [9.17, 15) is 0 Å². The first-order chi connectivity index (χ1) is 9.29. The van der Waals surface area contributed by atoms with Crippen molar-refractivity contribution in [3.8, 4) is 0 Å². The number of anilines is 1. The fraction of sp³-hybridized carbons (Fsp3) is 0.375. The van der Waals surface area contributed by atoms with Gasteiger partial charge < -0.3 is 15.1 Å². The van der Waals surface area contributed by atoms with Crippen LogP contribution in [-0.4, -0.2) is 13.1 Å². The summed E-state index contributed by atoms with van der Waals surface area (Å²) >= 11 is 0. The van der Waals surface area contributed by atoms with Crippen molar-refractivity contribution in [2.75, 3.05) is 18.0 Å². The molecule has 2 unspecified atom stereocenters. The lowest BCUT2D eigenvalue weighted by Gasteiger charge is -2.39. The summed E-state index contributed by atoms with van der Waals surface area (Å²) in [4.78, 5) is 2.42. The normalized spacial score (nSPS) is 20.1. The molecule has 0 amide bonds. The zero-order valence-corrected chi connectivity index (χ0v) is 11.3. The molecular weight excluding hydrogens is 236 g/mol. The van der Waals surface area contributed by atoms with Gasteiger partial charge in [-0.05, 0) is 30.0 Å². The number of rotatable bonds is 3. The summed E-state index contributed by atoms with van der Waals surface area (Å²) in [6.07, 6.45) is 4.67. The summed E-state index contributed by atoms with van der Waals surface area (Å²) < 4.78 is 5.22. The second kappa shape index (κ2) is 5.10. The Morgan fingerprint density at radius 1 is 1.37 bits per heavy atom. The number of nitrogens with zero attached hydrogens (tertiary/aromatic N) is 1. The number of fused-ring (bicyclic) bond motifs is 1. The molecule has 1 aromatic heterocycles. The standard InChI is InChI=1S/C16H20N2O/c1-12-8-13-4-2-3-5-15(13)18(10-12)16(9-17)14-6-7-19-11-14/h2-7,11-12,16H,8-10,17H2,1H3. The van der Waals surface area contributed by atoms with E-state index in [1.54, 1.807) is 12.5 Å². The highest BCUT2D eigenvalue weighted by Crippen LogP contribution is 2.35. The lowest BCUT2D eigenvalue weighted by Crippen LogP contribution is -2.40. The smallest absolute Gasteiger partial charge is 0.0955 e. The van der Waals surface area contributed by atoms with Crippen LogP contribution in [0.5, 0.6) is 0 Å². The molecule has 2 atom stereocenters. The Kier molecular flexibility index (Phi) is 3.30. The molecule has 0 spiro atoms. The molecule has 3 rings (SSSR count). The highest BCUT2D eigenvalue weighted by molar-refractivity contribution is 5.57. The summed E-state index contributed by atoms with van der Waals surface area (Å²) in [5.74, 6) is 0.649. The zero-order valence-electron chi connectivity index (χ0n) is 11.3. The molecule has 0 radical (unpaired) electrons. The number of furan rings is 1.